The molecule has 5 heteroatoms. The van der Waals surface area contributed by atoms with Gasteiger partial charge in [-0.25, -0.2) is 4.79 Å². The predicted molar refractivity (Wildman–Crippen MR) is 85.0 cm³/mol. The van der Waals surface area contributed by atoms with Crippen molar-refractivity contribution in [1.29, 1.82) is 0 Å². The lowest BCUT2D eigenvalue weighted by molar-refractivity contribution is -0.126. The van der Waals surface area contributed by atoms with Gasteiger partial charge in [0.25, 0.3) is 0 Å². The third-order valence-electron chi connectivity index (χ3n) is 3.31. The van der Waals surface area contributed by atoms with Crippen molar-refractivity contribution in [3.05, 3.63) is 71.8 Å². The van der Waals surface area contributed by atoms with Gasteiger partial charge in [-0.3, -0.25) is 9.59 Å². The van der Waals surface area contributed by atoms with E-state index < -0.39 is 18.0 Å². The number of carbonyl (C=O) groups excluding carboxylic acids is 3. The molecule has 1 atom stereocenters. The Hall–Kier alpha value is -2.95. The molecule has 2 rings (SSSR count). The highest BCUT2D eigenvalue weighted by molar-refractivity contribution is 6.09. The average Bonchev–Trinajstić information content (AvgIpc) is 2.55. The van der Waals surface area contributed by atoms with Gasteiger partial charge in [0.1, 0.15) is 0 Å². The van der Waals surface area contributed by atoms with E-state index in [4.69, 9.17) is 10.5 Å². The van der Waals surface area contributed by atoms with Gasteiger partial charge in [-0.15, -0.1) is 0 Å². The molecule has 0 fully saturated rings. The fraction of sp³-hybridized carbons (Fsp3) is 0.167. The minimum atomic E-state index is -1.07. The molecule has 0 aliphatic heterocycles. The third-order valence-corrected chi connectivity index (χ3v) is 3.31. The van der Waals surface area contributed by atoms with Crippen molar-refractivity contribution in [3.63, 3.8) is 0 Å². The number of ether oxygens (including phenoxy) is 1. The first kappa shape index (κ1) is 16.4. The summed E-state index contributed by atoms with van der Waals surface area (Å²) >= 11 is 0. The molecule has 1 unspecified atom stereocenters. The number of benzene rings is 2. The van der Waals surface area contributed by atoms with Crippen LogP contribution in [0, 0.1) is 0 Å². The number of ketones is 2. The Balaban J connectivity index is 2.07. The predicted octanol–water partition coefficient (Wildman–Crippen LogP) is 2.54. The van der Waals surface area contributed by atoms with Gasteiger partial charge in [0.05, 0.1) is 6.42 Å². The summed E-state index contributed by atoms with van der Waals surface area (Å²) in [6, 6.07) is 17.6. The first-order chi connectivity index (χ1) is 11.1. The van der Waals surface area contributed by atoms with Crippen molar-refractivity contribution in [3.8, 4) is 0 Å². The molecule has 0 spiro atoms. The summed E-state index contributed by atoms with van der Waals surface area (Å²) in [4.78, 5) is 35.4. The van der Waals surface area contributed by atoms with Crippen LogP contribution in [0.1, 0.15) is 22.3 Å². The number of hydrogen-bond acceptors (Lipinski definition) is 4. The van der Waals surface area contributed by atoms with Crippen molar-refractivity contribution in [2.24, 2.45) is 5.73 Å². The largest absolute Gasteiger partial charge is 0.438 e. The highest BCUT2D eigenvalue weighted by Crippen LogP contribution is 2.11. The van der Waals surface area contributed by atoms with Crippen molar-refractivity contribution in [2.75, 3.05) is 0 Å². The van der Waals surface area contributed by atoms with Gasteiger partial charge in [0, 0.05) is 12.0 Å². The molecule has 5 nitrogen and oxygen atoms in total. The van der Waals surface area contributed by atoms with E-state index in [0.29, 0.717) is 5.56 Å². The number of amides is 1. The second kappa shape index (κ2) is 7.89. The number of primary amides is 1. The van der Waals surface area contributed by atoms with Crippen LogP contribution in [0.5, 0.6) is 0 Å². The lowest BCUT2D eigenvalue weighted by Crippen LogP contribution is -2.33. The van der Waals surface area contributed by atoms with Crippen molar-refractivity contribution in [1.82, 2.24) is 0 Å². The highest BCUT2D eigenvalue weighted by atomic mass is 16.6. The van der Waals surface area contributed by atoms with E-state index in [1.807, 2.05) is 30.3 Å². The van der Waals surface area contributed by atoms with Crippen LogP contribution >= 0.6 is 0 Å². The molecular weight excluding hydrogens is 294 g/mol. The van der Waals surface area contributed by atoms with Gasteiger partial charge < -0.3 is 10.5 Å². The van der Waals surface area contributed by atoms with Crippen LogP contribution in [-0.4, -0.2) is 23.8 Å². The summed E-state index contributed by atoms with van der Waals surface area (Å²) in [6.07, 6.45) is -2.26. The van der Waals surface area contributed by atoms with Crippen LogP contribution in [-0.2, 0) is 16.0 Å². The van der Waals surface area contributed by atoms with Crippen LogP contribution in [0.2, 0.25) is 0 Å². The lowest BCUT2D eigenvalue weighted by atomic mass is 9.99. The van der Waals surface area contributed by atoms with Crippen LogP contribution in [0.3, 0.4) is 0 Å². The van der Waals surface area contributed by atoms with Crippen molar-refractivity contribution >= 4 is 17.7 Å². The van der Waals surface area contributed by atoms with E-state index in [2.05, 4.69) is 0 Å². The topological polar surface area (TPSA) is 86.5 Å². The van der Waals surface area contributed by atoms with E-state index in [-0.39, 0.29) is 18.6 Å². The number of nitrogens with two attached hydrogens (primary N) is 1. The van der Waals surface area contributed by atoms with E-state index >= 15 is 0 Å². The highest BCUT2D eigenvalue weighted by Gasteiger charge is 2.25. The fourth-order valence-electron chi connectivity index (χ4n) is 2.19. The van der Waals surface area contributed by atoms with Crippen LogP contribution in [0.15, 0.2) is 60.7 Å². The summed E-state index contributed by atoms with van der Waals surface area (Å²) in [7, 11) is 0. The maximum Gasteiger partial charge on any atom is 0.405 e. The van der Waals surface area contributed by atoms with Gasteiger partial charge in [-0.05, 0) is 5.56 Å². The zero-order chi connectivity index (χ0) is 16.7. The quantitative estimate of drug-likeness (QED) is 0.629. The third kappa shape index (κ3) is 5.07. The Morgan fingerprint density at radius 2 is 1.48 bits per heavy atom. The molecule has 0 bridgehead atoms. The van der Waals surface area contributed by atoms with Crippen molar-refractivity contribution in [2.45, 2.75) is 18.9 Å². The Morgan fingerprint density at radius 3 is 2.04 bits per heavy atom. The number of carbonyl (C=O) groups is 3. The Bertz CT molecular complexity index is 683. The molecule has 23 heavy (non-hydrogen) atoms. The number of Topliss-reactive ketones (excluding diaryl/α,β-unsaturated/α-hetero) is 2. The first-order valence-electron chi connectivity index (χ1n) is 7.17. The summed E-state index contributed by atoms with van der Waals surface area (Å²) in [5, 5.41) is 0. The maximum atomic E-state index is 12.3. The van der Waals surface area contributed by atoms with E-state index in [0.717, 1.165) is 5.56 Å². The van der Waals surface area contributed by atoms with E-state index in [1.165, 1.54) is 0 Å². The second-order valence-corrected chi connectivity index (χ2v) is 5.05. The molecule has 0 saturated heterocycles. The first-order valence-corrected chi connectivity index (χ1v) is 7.17. The summed E-state index contributed by atoms with van der Waals surface area (Å²) in [6.45, 7) is 0. The molecule has 118 valence electrons. The minimum Gasteiger partial charge on any atom is -0.438 e. The van der Waals surface area contributed by atoms with Gasteiger partial charge in [0.2, 0.25) is 0 Å². The monoisotopic (exact) mass is 311 g/mol. The van der Waals surface area contributed by atoms with Gasteiger partial charge in [0.15, 0.2) is 17.7 Å². The van der Waals surface area contributed by atoms with Crippen LogP contribution in [0.25, 0.3) is 0 Å². The summed E-state index contributed by atoms with van der Waals surface area (Å²) in [5.41, 5.74) is 6.29. The molecule has 0 saturated carbocycles. The zero-order valence-electron chi connectivity index (χ0n) is 12.5. The van der Waals surface area contributed by atoms with Gasteiger partial charge in [-0.1, -0.05) is 60.7 Å². The smallest absolute Gasteiger partial charge is 0.405 e. The van der Waals surface area contributed by atoms with E-state index in [1.54, 1.807) is 30.3 Å². The van der Waals surface area contributed by atoms with Gasteiger partial charge in [-0.2, -0.15) is 0 Å². The zero-order valence-corrected chi connectivity index (χ0v) is 12.5. The molecule has 1 amide bonds. The molecule has 0 aliphatic rings. The van der Waals surface area contributed by atoms with Crippen molar-refractivity contribution < 1.29 is 19.1 Å². The summed E-state index contributed by atoms with van der Waals surface area (Å²) in [5.74, 6) is -0.789. The molecule has 0 aliphatic carbocycles. The normalized spacial score (nSPS) is 11.5. The number of rotatable bonds is 7. The average molecular weight is 311 g/mol. The molecule has 2 aromatic rings. The molecule has 0 aromatic heterocycles. The summed E-state index contributed by atoms with van der Waals surface area (Å²) < 4.78 is 4.89. The molecular formula is C18H17NO4. The second-order valence-electron chi connectivity index (χ2n) is 5.05. The minimum absolute atomic E-state index is 0.185. The molecule has 2 aromatic carbocycles. The van der Waals surface area contributed by atoms with Crippen LogP contribution < -0.4 is 5.73 Å². The lowest BCUT2D eigenvalue weighted by Gasteiger charge is -2.15. The molecule has 0 heterocycles. The Labute approximate surface area is 134 Å². The SMILES string of the molecule is NC(=O)OC(Cc1ccccc1)C(=O)CC(=O)c1ccccc1. The standard InChI is InChI=1S/C18H17NO4/c19-18(22)23-17(11-13-7-3-1-4-8-13)16(21)12-15(20)14-9-5-2-6-10-14/h1-10,17H,11-12H2,(H2,19,22). The molecule has 0 radical (unpaired) electrons. The fourth-order valence-corrected chi connectivity index (χ4v) is 2.19. The van der Waals surface area contributed by atoms with Crippen LogP contribution in [0.4, 0.5) is 4.79 Å². The van der Waals surface area contributed by atoms with E-state index in [9.17, 15) is 14.4 Å². The number of hydrogen-bond donors (Lipinski definition) is 1. The Kier molecular flexibility index (Phi) is 5.63. The Morgan fingerprint density at radius 1 is 0.913 bits per heavy atom. The molecule has 2 N–H and O–H groups in total. The maximum absolute atomic E-state index is 12.3. The van der Waals surface area contributed by atoms with Gasteiger partial charge >= 0.3 is 6.09 Å².